The Morgan fingerprint density at radius 1 is 1.12 bits per heavy atom. The fourth-order valence-electron chi connectivity index (χ4n) is 3.89. The van der Waals surface area contributed by atoms with E-state index in [4.69, 9.17) is 0 Å². The molecule has 2 aromatic rings. The van der Waals surface area contributed by atoms with Crippen LogP contribution in [0, 0.1) is 11.8 Å². The van der Waals surface area contributed by atoms with Gasteiger partial charge in [0.25, 0.3) is 0 Å². The molecule has 2 fully saturated rings. The van der Waals surface area contributed by atoms with E-state index in [2.05, 4.69) is 26.9 Å². The van der Waals surface area contributed by atoms with Crippen LogP contribution in [0.1, 0.15) is 32.6 Å². The second kappa shape index (κ2) is 6.42. The highest BCUT2D eigenvalue weighted by molar-refractivity contribution is 5.79. The quantitative estimate of drug-likeness (QED) is 0.848. The van der Waals surface area contributed by atoms with Crippen molar-refractivity contribution in [1.82, 2.24) is 19.5 Å². The van der Waals surface area contributed by atoms with Crippen LogP contribution < -0.4 is 4.90 Å². The predicted octanol–water partition coefficient (Wildman–Crippen LogP) is 2.20. The van der Waals surface area contributed by atoms with Gasteiger partial charge in [-0.1, -0.05) is 13.0 Å². The number of carbonyl (C=O) groups is 1. The highest BCUT2D eigenvalue weighted by Gasteiger charge is 2.32. The number of piperidine rings is 2. The van der Waals surface area contributed by atoms with Crippen LogP contribution in [0.2, 0.25) is 0 Å². The summed E-state index contributed by atoms with van der Waals surface area (Å²) >= 11 is 0. The van der Waals surface area contributed by atoms with Crippen molar-refractivity contribution in [3.63, 3.8) is 0 Å². The number of nitrogens with zero attached hydrogens (tertiary/aromatic N) is 5. The molecule has 0 radical (unpaired) electrons. The van der Waals surface area contributed by atoms with Gasteiger partial charge in [0.05, 0.1) is 5.92 Å². The van der Waals surface area contributed by atoms with E-state index >= 15 is 0 Å². The molecular formula is C18H25N5O. The van der Waals surface area contributed by atoms with Crippen LogP contribution in [-0.4, -0.2) is 51.6 Å². The third kappa shape index (κ3) is 2.85. The molecule has 2 saturated heterocycles. The van der Waals surface area contributed by atoms with Crippen molar-refractivity contribution in [1.29, 1.82) is 0 Å². The van der Waals surface area contributed by atoms with Crippen LogP contribution in [0.25, 0.3) is 5.65 Å². The Hall–Kier alpha value is -2.11. The van der Waals surface area contributed by atoms with Crippen LogP contribution in [0.5, 0.6) is 0 Å². The van der Waals surface area contributed by atoms with Gasteiger partial charge in [-0.05, 0) is 43.7 Å². The Balaban J connectivity index is 1.48. The maximum absolute atomic E-state index is 12.9. The Kier molecular flexibility index (Phi) is 4.12. The molecule has 1 atom stereocenters. The molecule has 4 rings (SSSR count). The van der Waals surface area contributed by atoms with Crippen LogP contribution in [-0.2, 0) is 4.79 Å². The molecule has 6 nitrogen and oxygen atoms in total. The minimum atomic E-state index is 0.0863. The van der Waals surface area contributed by atoms with Crippen LogP contribution in [0.4, 0.5) is 5.95 Å². The van der Waals surface area contributed by atoms with E-state index in [-0.39, 0.29) is 5.92 Å². The number of anilines is 1. The molecule has 24 heavy (non-hydrogen) atoms. The number of hydrogen-bond acceptors (Lipinski definition) is 4. The summed E-state index contributed by atoms with van der Waals surface area (Å²) in [5.41, 5.74) is 0.853. The molecule has 1 unspecified atom stereocenters. The Morgan fingerprint density at radius 2 is 1.96 bits per heavy atom. The average molecular weight is 327 g/mol. The number of fused-ring (bicyclic) bond motifs is 1. The molecule has 0 N–H and O–H groups in total. The van der Waals surface area contributed by atoms with E-state index in [1.54, 1.807) is 0 Å². The van der Waals surface area contributed by atoms with Gasteiger partial charge in [0.2, 0.25) is 11.9 Å². The molecule has 2 aliphatic heterocycles. The lowest BCUT2D eigenvalue weighted by atomic mass is 9.93. The third-order valence-electron chi connectivity index (χ3n) is 5.44. The van der Waals surface area contributed by atoms with E-state index in [1.807, 2.05) is 28.8 Å². The van der Waals surface area contributed by atoms with Crippen molar-refractivity contribution in [2.45, 2.75) is 32.6 Å². The molecule has 2 aromatic heterocycles. The van der Waals surface area contributed by atoms with Gasteiger partial charge in [0, 0.05) is 32.4 Å². The van der Waals surface area contributed by atoms with Crippen molar-refractivity contribution in [3.05, 3.63) is 24.4 Å². The highest BCUT2D eigenvalue weighted by atomic mass is 16.2. The van der Waals surface area contributed by atoms with Gasteiger partial charge in [-0.15, -0.1) is 10.2 Å². The fraction of sp³-hybridized carbons (Fsp3) is 0.611. The van der Waals surface area contributed by atoms with E-state index in [0.29, 0.717) is 5.91 Å². The predicted molar refractivity (Wildman–Crippen MR) is 92.9 cm³/mol. The largest absolute Gasteiger partial charge is 0.342 e. The normalized spacial score (nSPS) is 23.0. The molecule has 0 bridgehead atoms. The zero-order chi connectivity index (χ0) is 16.5. The van der Waals surface area contributed by atoms with Crippen molar-refractivity contribution >= 4 is 17.5 Å². The second-order valence-electron chi connectivity index (χ2n) is 7.22. The lowest BCUT2D eigenvalue weighted by Crippen LogP contribution is -2.47. The maximum atomic E-state index is 12.9. The zero-order valence-corrected chi connectivity index (χ0v) is 14.3. The number of hydrogen-bond donors (Lipinski definition) is 0. The summed E-state index contributed by atoms with van der Waals surface area (Å²) in [4.78, 5) is 17.2. The van der Waals surface area contributed by atoms with E-state index in [1.165, 1.54) is 0 Å². The summed E-state index contributed by atoms with van der Waals surface area (Å²) in [6, 6.07) is 5.91. The Labute approximate surface area is 142 Å². The molecule has 4 heterocycles. The monoisotopic (exact) mass is 327 g/mol. The van der Waals surface area contributed by atoms with Crippen molar-refractivity contribution < 1.29 is 4.79 Å². The van der Waals surface area contributed by atoms with E-state index < -0.39 is 0 Å². The van der Waals surface area contributed by atoms with Crippen molar-refractivity contribution in [3.8, 4) is 0 Å². The lowest BCUT2D eigenvalue weighted by molar-refractivity contribution is -0.137. The minimum Gasteiger partial charge on any atom is -0.342 e. The Morgan fingerprint density at radius 3 is 2.79 bits per heavy atom. The van der Waals surface area contributed by atoms with Gasteiger partial charge in [0.15, 0.2) is 5.65 Å². The first-order valence-electron chi connectivity index (χ1n) is 9.06. The number of rotatable bonds is 2. The smallest absolute Gasteiger partial charge is 0.231 e. The maximum Gasteiger partial charge on any atom is 0.231 e. The molecule has 1 amide bonds. The number of carbonyl (C=O) groups excluding carboxylic acids is 1. The van der Waals surface area contributed by atoms with E-state index in [0.717, 1.165) is 69.4 Å². The van der Waals surface area contributed by atoms with Gasteiger partial charge in [-0.3, -0.25) is 9.20 Å². The number of aromatic nitrogens is 3. The number of amides is 1. The van der Waals surface area contributed by atoms with Gasteiger partial charge >= 0.3 is 0 Å². The highest BCUT2D eigenvalue weighted by Crippen LogP contribution is 2.25. The number of pyridine rings is 1. The van der Waals surface area contributed by atoms with Gasteiger partial charge < -0.3 is 9.80 Å². The Bertz CT molecular complexity index is 719. The first kappa shape index (κ1) is 15.4. The number of likely N-dealkylation sites (tertiary alicyclic amines) is 1. The van der Waals surface area contributed by atoms with Crippen molar-refractivity contribution in [2.75, 3.05) is 31.1 Å². The van der Waals surface area contributed by atoms with Crippen LogP contribution in [0.3, 0.4) is 0 Å². The molecule has 0 saturated carbocycles. The molecule has 2 aliphatic rings. The van der Waals surface area contributed by atoms with Gasteiger partial charge in [-0.2, -0.15) is 0 Å². The van der Waals surface area contributed by atoms with Crippen LogP contribution in [0.15, 0.2) is 24.4 Å². The zero-order valence-electron chi connectivity index (χ0n) is 14.3. The first-order chi connectivity index (χ1) is 11.7. The molecular weight excluding hydrogens is 302 g/mol. The summed E-state index contributed by atoms with van der Waals surface area (Å²) in [6.07, 6.45) is 6.27. The SMILES string of the molecule is CC1CCN(C(=O)C2CCCN(c3nnc4ccccn34)C2)CC1. The molecule has 0 spiro atoms. The molecule has 6 heteroatoms. The lowest BCUT2D eigenvalue weighted by Gasteiger charge is -2.37. The van der Waals surface area contributed by atoms with Crippen molar-refractivity contribution in [2.24, 2.45) is 11.8 Å². The topological polar surface area (TPSA) is 53.7 Å². The van der Waals surface area contributed by atoms with E-state index in [9.17, 15) is 4.79 Å². The summed E-state index contributed by atoms with van der Waals surface area (Å²) in [5.74, 6) is 2.03. The first-order valence-corrected chi connectivity index (χ1v) is 9.06. The van der Waals surface area contributed by atoms with Crippen LogP contribution >= 0.6 is 0 Å². The summed E-state index contributed by atoms with van der Waals surface area (Å²) in [6.45, 7) is 5.81. The summed E-state index contributed by atoms with van der Waals surface area (Å²) < 4.78 is 2.01. The minimum absolute atomic E-state index is 0.0863. The molecule has 128 valence electrons. The fourth-order valence-corrected chi connectivity index (χ4v) is 3.89. The standard InChI is InChI=1S/C18H25N5O/c1-14-7-11-21(12-8-14)17(24)15-5-4-9-22(13-15)18-20-19-16-6-2-3-10-23(16)18/h2-3,6,10,14-15H,4-5,7-9,11-13H2,1H3. The van der Waals surface area contributed by atoms with Gasteiger partial charge in [0.1, 0.15) is 0 Å². The second-order valence-corrected chi connectivity index (χ2v) is 7.22. The molecule has 0 aromatic carbocycles. The van der Waals surface area contributed by atoms with Gasteiger partial charge in [-0.25, -0.2) is 0 Å². The third-order valence-corrected chi connectivity index (χ3v) is 5.44. The summed E-state index contributed by atoms with van der Waals surface area (Å²) in [5, 5.41) is 8.59. The summed E-state index contributed by atoms with van der Waals surface area (Å²) in [7, 11) is 0. The average Bonchev–Trinajstić information content (AvgIpc) is 3.06. The molecule has 0 aliphatic carbocycles.